The van der Waals surface area contributed by atoms with E-state index in [9.17, 15) is 14.4 Å². The Labute approximate surface area is 162 Å². The molecule has 0 spiro atoms. The number of nitrogens with two attached hydrogens (primary N) is 1. The molecule has 0 aliphatic carbocycles. The number of anilines is 1. The summed E-state index contributed by atoms with van der Waals surface area (Å²) in [5.74, 6) is -0.626. The van der Waals surface area contributed by atoms with Crippen molar-refractivity contribution in [1.29, 1.82) is 0 Å². The molecule has 2 amide bonds. The molecule has 8 nitrogen and oxygen atoms in total. The Morgan fingerprint density at radius 3 is 2.00 bits per heavy atom. The van der Waals surface area contributed by atoms with Crippen LogP contribution in [0.5, 0.6) is 11.5 Å². The lowest BCUT2D eigenvalue weighted by Gasteiger charge is -2.18. The van der Waals surface area contributed by atoms with Gasteiger partial charge in [0.15, 0.2) is 12.2 Å². The predicted octanol–water partition coefficient (Wildman–Crippen LogP) is 2.13. The quantitative estimate of drug-likeness (QED) is 0.671. The van der Waals surface area contributed by atoms with E-state index in [1.807, 2.05) is 0 Å². The molecule has 3 N–H and O–H groups in total. The molecule has 0 radical (unpaired) electrons. The molecule has 148 valence electrons. The highest BCUT2D eigenvalue weighted by molar-refractivity contribution is 5.96. The average molecular weight is 386 g/mol. The highest BCUT2D eigenvalue weighted by atomic mass is 16.6. The molecular formula is C20H22N2O6. The first-order valence-corrected chi connectivity index (χ1v) is 8.52. The molecule has 8 heteroatoms. The van der Waals surface area contributed by atoms with Crippen LogP contribution < -0.4 is 20.5 Å². The van der Waals surface area contributed by atoms with Crippen molar-refractivity contribution in [3.8, 4) is 11.5 Å². The molecule has 2 atom stereocenters. The number of nitrogens with one attached hydrogen (secondary N) is 1. The lowest BCUT2D eigenvalue weighted by atomic mass is 10.2. The third kappa shape index (κ3) is 5.73. The third-order valence-electron chi connectivity index (χ3n) is 3.80. The second-order valence-electron chi connectivity index (χ2n) is 5.95. The van der Waals surface area contributed by atoms with Crippen molar-refractivity contribution in [1.82, 2.24) is 0 Å². The van der Waals surface area contributed by atoms with Crippen LogP contribution in [0, 0.1) is 0 Å². The maximum atomic E-state index is 12.2. The molecule has 0 aliphatic rings. The molecule has 0 bridgehead atoms. The zero-order valence-electron chi connectivity index (χ0n) is 15.8. The van der Waals surface area contributed by atoms with Gasteiger partial charge in [-0.05, 0) is 62.4 Å². The topological polar surface area (TPSA) is 117 Å². The van der Waals surface area contributed by atoms with Crippen LogP contribution in [0.2, 0.25) is 0 Å². The minimum absolute atomic E-state index is 0.321. The van der Waals surface area contributed by atoms with E-state index < -0.39 is 30.0 Å². The van der Waals surface area contributed by atoms with E-state index in [1.54, 1.807) is 31.4 Å². The first-order chi connectivity index (χ1) is 13.3. The van der Waals surface area contributed by atoms with Crippen LogP contribution in [0.15, 0.2) is 48.5 Å². The monoisotopic (exact) mass is 386 g/mol. The Balaban J connectivity index is 1.87. The number of esters is 1. The maximum absolute atomic E-state index is 12.2. The minimum atomic E-state index is -1.04. The largest absolute Gasteiger partial charge is 0.497 e. The number of methoxy groups -OCH3 is 1. The Bertz CT molecular complexity index is 833. The lowest BCUT2D eigenvalue weighted by Crippen LogP contribution is -2.35. The second-order valence-corrected chi connectivity index (χ2v) is 5.95. The molecule has 0 fully saturated rings. The van der Waals surface area contributed by atoms with Gasteiger partial charge in [0.05, 0.1) is 7.11 Å². The molecule has 0 saturated heterocycles. The second kappa shape index (κ2) is 9.40. The number of hydrogen-bond acceptors (Lipinski definition) is 6. The lowest BCUT2D eigenvalue weighted by molar-refractivity contribution is -0.159. The Kier molecular flexibility index (Phi) is 6.97. The predicted molar refractivity (Wildman–Crippen MR) is 102 cm³/mol. The van der Waals surface area contributed by atoms with Gasteiger partial charge in [-0.2, -0.15) is 0 Å². The van der Waals surface area contributed by atoms with Gasteiger partial charge in [-0.25, -0.2) is 4.79 Å². The fourth-order valence-electron chi connectivity index (χ4n) is 2.19. The van der Waals surface area contributed by atoms with E-state index in [-0.39, 0.29) is 0 Å². The van der Waals surface area contributed by atoms with Crippen molar-refractivity contribution in [2.75, 3.05) is 12.4 Å². The number of carbonyl (C=O) groups excluding carboxylic acids is 3. The third-order valence-corrected chi connectivity index (χ3v) is 3.80. The van der Waals surface area contributed by atoms with Crippen molar-refractivity contribution in [2.24, 2.45) is 5.73 Å². The van der Waals surface area contributed by atoms with Crippen LogP contribution in [0.4, 0.5) is 5.69 Å². The van der Waals surface area contributed by atoms with Gasteiger partial charge in [-0.15, -0.1) is 0 Å². The SMILES string of the molecule is COc1ccc(O[C@H](C)C(=O)O[C@H](C)C(=O)Nc2ccc(C(N)=O)cc2)cc1. The van der Waals surface area contributed by atoms with E-state index >= 15 is 0 Å². The summed E-state index contributed by atoms with van der Waals surface area (Å²) in [6.45, 7) is 2.98. The van der Waals surface area contributed by atoms with E-state index in [0.29, 0.717) is 22.7 Å². The number of carbonyl (C=O) groups is 3. The Morgan fingerprint density at radius 1 is 0.893 bits per heavy atom. The highest BCUT2D eigenvalue weighted by Gasteiger charge is 2.23. The van der Waals surface area contributed by atoms with E-state index in [2.05, 4.69) is 5.32 Å². The van der Waals surface area contributed by atoms with E-state index in [4.69, 9.17) is 19.9 Å². The van der Waals surface area contributed by atoms with Crippen LogP contribution in [0.3, 0.4) is 0 Å². The number of benzene rings is 2. The van der Waals surface area contributed by atoms with Crippen LogP contribution in [0.1, 0.15) is 24.2 Å². The van der Waals surface area contributed by atoms with Crippen LogP contribution >= 0.6 is 0 Å². The zero-order chi connectivity index (χ0) is 20.7. The van der Waals surface area contributed by atoms with Gasteiger partial charge < -0.3 is 25.3 Å². The van der Waals surface area contributed by atoms with Crippen molar-refractivity contribution in [2.45, 2.75) is 26.1 Å². The van der Waals surface area contributed by atoms with Gasteiger partial charge >= 0.3 is 5.97 Å². The number of hydrogen-bond donors (Lipinski definition) is 2. The summed E-state index contributed by atoms with van der Waals surface area (Å²) in [5, 5.41) is 2.59. The Morgan fingerprint density at radius 2 is 1.46 bits per heavy atom. The summed E-state index contributed by atoms with van der Waals surface area (Å²) in [4.78, 5) is 35.4. The molecule has 0 aliphatic heterocycles. The standard InChI is InChI=1S/C20H22N2O6/c1-12(19(24)22-15-6-4-14(5-7-15)18(21)23)28-20(25)13(2)27-17-10-8-16(26-3)9-11-17/h4-13H,1-3H3,(H2,21,23)(H,22,24)/t12-,13-/m1/s1. The summed E-state index contributed by atoms with van der Waals surface area (Å²) in [6, 6.07) is 12.8. The van der Waals surface area contributed by atoms with Gasteiger partial charge in [0.2, 0.25) is 5.91 Å². The number of amides is 2. The summed E-state index contributed by atoms with van der Waals surface area (Å²) >= 11 is 0. The van der Waals surface area contributed by atoms with Gasteiger partial charge in [0, 0.05) is 11.3 Å². The van der Waals surface area contributed by atoms with Gasteiger partial charge in [-0.1, -0.05) is 0 Å². The molecule has 2 rings (SSSR count). The van der Waals surface area contributed by atoms with Crippen molar-refractivity contribution < 1.29 is 28.6 Å². The Hall–Kier alpha value is -3.55. The fourth-order valence-corrected chi connectivity index (χ4v) is 2.19. The number of ether oxygens (including phenoxy) is 3. The van der Waals surface area contributed by atoms with Gasteiger partial charge in [0.25, 0.3) is 5.91 Å². The molecule has 0 aromatic heterocycles. The van der Waals surface area contributed by atoms with Crippen molar-refractivity contribution in [3.05, 3.63) is 54.1 Å². The fraction of sp³-hybridized carbons (Fsp3) is 0.250. The number of primary amides is 1. The molecular weight excluding hydrogens is 364 g/mol. The first-order valence-electron chi connectivity index (χ1n) is 8.52. The van der Waals surface area contributed by atoms with Gasteiger partial charge in [0.1, 0.15) is 11.5 Å². The summed E-state index contributed by atoms with van der Waals surface area (Å²) in [5.41, 5.74) is 5.93. The van der Waals surface area contributed by atoms with Crippen molar-refractivity contribution >= 4 is 23.5 Å². The molecule has 0 heterocycles. The summed E-state index contributed by atoms with van der Waals surface area (Å²) in [6.07, 6.45) is -1.94. The van der Waals surface area contributed by atoms with Crippen LogP contribution in [-0.2, 0) is 14.3 Å². The molecule has 2 aromatic rings. The molecule has 0 unspecified atom stereocenters. The van der Waals surface area contributed by atoms with E-state index in [1.165, 1.54) is 38.1 Å². The van der Waals surface area contributed by atoms with Crippen molar-refractivity contribution in [3.63, 3.8) is 0 Å². The number of rotatable bonds is 8. The van der Waals surface area contributed by atoms with Gasteiger partial charge in [-0.3, -0.25) is 9.59 Å². The van der Waals surface area contributed by atoms with Crippen LogP contribution in [-0.4, -0.2) is 37.1 Å². The summed E-state index contributed by atoms with van der Waals surface area (Å²) in [7, 11) is 1.55. The normalized spacial score (nSPS) is 12.4. The first kappa shape index (κ1) is 20.8. The smallest absolute Gasteiger partial charge is 0.347 e. The van der Waals surface area contributed by atoms with Crippen LogP contribution in [0.25, 0.3) is 0 Å². The molecule has 2 aromatic carbocycles. The minimum Gasteiger partial charge on any atom is -0.497 e. The molecule has 28 heavy (non-hydrogen) atoms. The molecule has 0 saturated carbocycles. The summed E-state index contributed by atoms with van der Waals surface area (Å²) < 4.78 is 15.7. The maximum Gasteiger partial charge on any atom is 0.347 e. The van der Waals surface area contributed by atoms with E-state index in [0.717, 1.165) is 0 Å². The highest BCUT2D eigenvalue weighted by Crippen LogP contribution is 2.18. The zero-order valence-corrected chi connectivity index (χ0v) is 15.8. The average Bonchev–Trinajstić information content (AvgIpc) is 2.68.